The van der Waals surface area contributed by atoms with E-state index in [1.54, 1.807) is 13.0 Å². The fraction of sp³-hybridized carbons (Fsp3) is 0.500. The van der Waals surface area contributed by atoms with Crippen molar-refractivity contribution >= 4 is 0 Å². The lowest BCUT2D eigenvalue weighted by atomic mass is 9.95. The molecular weight excluding hydrogens is 212 g/mol. The molecule has 0 unspecified atom stereocenters. The SMILES string of the molecule is CCOc1ccc(C2(CN)CC2)c(F)c1F. The summed E-state index contributed by atoms with van der Waals surface area (Å²) in [4.78, 5) is 0. The normalized spacial score (nSPS) is 17.2. The van der Waals surface area contributed by atoms with Gasteiger partial charge in [0.05, 0.1) is 6.61 Å². The summed E-state index contributed by atoms with van der Waals surface area (Å²) in [7, 11) is 0. The smallest absolute Gasteiger partial charge is 0.200 e. The minimum absolute atomic E-state index is 0.0310. The minimum atomic E-state index is -0.904. The van der Waals surface area contributed by atoms with Crippen LogP contribution in [0.3, 0.4) is 0 Å². The van der Waals surface area contributed by atoms with Gasteiger partial charge in [-0.05, 0) is 31.4 Å². The quantitative estimate of drug-likeness (QED) is 0.857. The Bertz CT molecular complexity index is 402. The van der Waals surface area contributed by atoms with Crippen LogP contribution in [-0.2, 0) is 5.41 Å². The monoisotopic (exact) mass is 227 g/mol. The molecule has 1 aromatic rings. The third kappa shape index (κ3) is 1.67. The number of nitrogens with two attached hydrogens (primary N) is 1. The van der Waals surface area contributed by atoms with Crippen LogP contribution in [0.5, 0.6) is 5.75 Å². The van der Waals surface area contributed by atoms with Crippen molar-refractivity contribution in [1.82, 2.24) is 0 Å². The summed E-state index contributed by atoms with van der Waals surface area (Å²) in [6, 6.07) is 3.07. The first kappa shape index (κ1) is 11.3. The lowest BCUT2D eigenvalue weighted by Crippen LogP contribution is -2.21. The molecule has 4 heteroatoms. The van der Waals surface area contributed by atoms with Gasteiger partial charge < -0.3 is 10.5 Å². The van der Waals surface area contributed by atoms with Gasteiger partial charge in [0, 0.05) is 12.0 Å². The molecule has 0 radical (unpaired) electrons. The predicted octanol–water partition coefficient (Wildman–Crippen LogP) is 2.35. The molecule has 16 heavy (non-hydrogen) atoms. The number of hydrogen-bond acceptors (Lipinski definition) is 2. The van der Waals surface area contributed by atoms with E-state index < -0.39 is 11.6 Å². The molecule has 2 nitrogen and oxygen atoms in total. The molecule has 0 aliphatic heterocycles. The first-order valence-corrected chi connectivity index (χ1v) is 5.46. The number of hydrogen-bond donors (Lipinski definition) is 1. The van der Waals surface area contributed by atoms with Gasteiger partial charge in [-0.15, -0.1) is 0 Å². The Hall–Kier alpha value is -1.16. The molecule has 1 aliphatic rings. The van der Waals surface area contributed by atoms with Crippen molar-refractivity contribution in [3.8, 4) is 5.75 Å². The topological polar surface area (TPSA) is 35.2 Å². The van der Waals surface area contributed by atoms with Crippen LogP contribution in [0.15, 0.2) is 12.1 Å². The van der Waals surface area contributed by atoms with Gasteiger partial charge in [-0.3, -0.25) is 0 Å². The van der Waals surface area contributed by atoms with Gasteiger partial charge in [-0.25, -0.2) is 4.39 Å². The molecule has 0 atom stereocenters. The molecule has 1 aliphatic carbocycles. The lowest BCUT2D eigenvalue weighted by molar-refractivity contribution is 0.312. The summed E-state index contributed by atoms with van der Waals surface area (Å²) < 4.78 is 32.4. The first-order chi connectivity index (χ1) is 7.64. The summed E-state index contributed by atoms with van der Waals surface area (Å²) in [5, 5.41) is 0. The maximum Gasteiger partial charge on any atom is 0.200 e. The van der Waals surface area contributed by atoms with E-state index in [1.807, 2.05) is 0 Å². The molecule has 1 fully saturated rings. The van der Waals surface area contributed by atoms with Gasteiger partial charge in [0.2, 0.25) is 5.82 Å². The third-order valence-corrected chi connectivity index (χ3v) is 3.16. The number of benzene rings is 1. The first-order valence-electron chi connectivity index (χ1n) is 5.46. The van der Waals surface area contributed by atoms with E-state index >= 15 is 0 Å². The van der Waals surface area contributed by atoms with Crippen molar-refractivity contribution in [3.05, 3.63) is 29.3 Å². The Balaban J connectivity index is 2.39. The summed E-state index contributed by atoms with van der Waals surface area (Å²) >= 11 is 0. The molecule has 0 spiro atoms. The second-order valence-electron chi connectivity index (χ2n) is 4.16. The number of halogens is 2. The van der Waals surface area contributed by atoms with Gasteiger partial charge in [0.15, 0.2) is 11.6 Å². The average Bonchev–Trinajstić information content (AvgIpc) is 3.06. The van der Waals surface area contributed by atoms with Crippen LogP contribution in [0.1, 0.15) is 25.3 Å². The van der Waals surface area contributed by atoms with E-state index in [0.717, 1.165) is 12.8 Å². The van der Waals surface area contributed by atoms with Crippen molar-refractivity contribution in [2.75, 3.05) is 13.2 Å². The van der Waals surface area contributed by atoms with Gasteiger partial charge in [-0.2, -0.15) is 4.39 Å². The Kier molecular flexibility index (Phi) is 2.84. The van der Waals surface area contributed by atoms with Gasteiger partial charge in [0.25, 0.3) is 0 Å². The van der Waals surface area contributed by atoms with Crippen LogP contribution in [0.2, 0.25) is 0 Å². The molecule has 88 valence electrons. The molecular formula is C12H15F2NO. The predicted molar refractivity (Wildman–Crippen MR) is 57.5 cm³/mol. The molecule has 0 heterocycles. The zero-order valence-electron chi connectivity index (χ0n) is 9.22. The molecule has 0 aromatic heterocycles. The van der Waals surface area contributed by atoms with Crippen molar-refractivity contribution in [3.63, 3.8) is 0 Å². The molecule has 1 aromatic carbocycles. The second kappa shape index (κ2) is 4.01. The van der Waals surface area contributed by atoms with Gasteiger partial charge in [0.1, 0.15) is 0 Å². The zero-order chi connectivity index (χ0) is 11.8. The summed E-state index contributed by atoms with van der Waals surface area (Å²) in [5.74, 6) is -1.75. The Morgan fingerprint density at radius 2 is 2.00 bits per heavy atom. The number of rotatable bonds is 4. The van der Waals surface area contributed by atoms with Crippen molar-refractivity contribution in [2.45, 2.75) is 25.2 Å². The van der Waals surface area contributed by atoms with Crippen LogP contribution in [0, 0.1) is 11.6 Å². The standard InChI is InChI=1S/C12H15F2NO/c1-2-16-9-4-3-8(10(13)11(9)14)12(7-15)5-6-12/h3-4H,2,5-7,15H2,1H3. The average molecular weight is 227 g/mol. The van der Waals surface area contributed by atoms with Crippen LogP contribution in [0.4, 0.5) is 8.78 Å². The van der Waals surface area contributed by atoms with E-state index in [1.165, 1.54) is 6.07 Å². The molecule has 1 saturated carbocycles. The molecule has 2 N–H and O–H groups in total. The van der Waals surface area contributed by atoms with Crippen molar-refractivity contribution in [2.24, 2.45) is 5.73 Å². The third-order valence-electron chi connectivity index (χ3n) is 3.16. The second-order valence-corrected chi connectivity index (χ2v) is 4.16. The summed E-state index contributed by atoms with van der Waals surface area (Å²) in [5.41, 5.74) is 5.64. The van der Waals surface area contributed by atoms with Crippen LogP contribution >= 0.6 is 0 Å². The van der Waals surface area contributed by atoms with Crippen LogP contribution in [0.25, 0.3) is 0 Å². The molecule has 0 saturated heterocycles. The molecule has 0 amide bonds. The highest BCUT2D eigenvalue weighted by Crippen LogP contribution is 2.48. The van der Waals surface area contributed by atoms with Gasteiger partial charge in [-0.1, -0.05) is 6.07 Å². The largest absolute Gasteiger partial charge is 0.491 e. The molecule has 2 rings (SSSR count). The fourth-order valence-corrected chi connectivity index (χ4v) is 1.94. The lowest BCUT2D eigenvalue weighted by Gasteiger charge is -2.15. The maximum atomic E-state index is 13.8. The van der Waals surface area contributed by atoms with Gasteiger partial charge >= 0.3 is 0 Å². The van der Waals surface area contributed by atoms with E-state index in [4.69, 9.17) is 10.5 Å². The highest BCUT2D eigenvalue weighted by molar-refractivity contribution is 5.39. The van der Waals surface area contributed by atoms with E-state index in [0.29, 0.717) is 18.7 Å². The highest BCUT2D eigenvalue weighted by Gasteiger charge is 2.45. The number of ether oxygens (including phenoxy) is 1. The molecule has 0 bridgehead atoms. The van der Waals surface area contributed by atoms with E-state index in [-0.39, 0.29) is 11.2 Å². The van der Waals surface area contributed by atoms with Crippen LogP contribution < -0.4 is 10.5 Å². The Labute approximate surface area is 93.4 Å². The highest BCUT2D eigenvalue weighted by atomic mass is 19.2. The maximum absolute atomic E-state index is 13.8. The summed E-state index contributed by atoms with van der Waals surface area (Å²) in [6.45, 7) is 2.41. The Morgan fingerprint density at radius 3 is 2.50 bits per heavy atom. The van der Waals surface area contributed by atoms with E-state index in [2.05, 4.69) is 0 Å². The minimum Gasteiger partial charge on any atom is -0.491 e. The fourth-order valence-electron chi connectivity index (χ4n) is 1.94. The van der Waals surface area contributed by atoms with Crippen LogP contribution in [-0.4, -0.2) is 13.2 Å². The van der Waals surface area contributed by atoms with E-state index in [9.17, 15) is 8.78 Å². The van der Waals surface area contributed by atoms with Crippen molar-refractivity contribution in [1.29, 1.82) is 0 Å². The Morgan fingerprint density at radius 1 is 1.31 bits per heavy atom. The zero-order valence-corrected chi connectivity index (χ0v) is 9.22. The van der Waals surface area contributed by atoms with Crippen molar-refractivity contribution < 1.29 is 13.5 Å². The summed E-state index contributed by atoms with van der Waals surface area (Å²) in [6.07, 6.45) is 1.65.